The maximum absolute atomic E-state index is 8.59. The Morgan fingerprint density at radius 2 is 1.94 bits per heavy atom. The number of nitriles is 1. The van der Waals surface area contributed by atoms with Crippen LogP contribution in [-0.2, 0) is 0 Å². The molecular weight excluding hydrogens is 206 g/mol. The van der Waals surface area contributed by atoms with Gasteiger partial charge in [-0.25, -0.2) is 0 Å². The standard InChI is InChI=1S/C16H15N/c1-3-4-9-15(12-8-13-17)14(2)16-10-6-5-7-11-16/h3-12H,1H2,2H3. The molecule has 0 aliphatic rings. The van der Waals surface area contributed by atoms with Crippen LogP contribution in [0.15, 0.2) is 72.9 Å². The molecule has 1 aromatic rings. The van der Waals surface area contributed by atoms with E-state index in [1.807, 2.05) is 49.4 Å². The van der Waals surface area contributed by atoms with Crippen molar-refractivity contribution in [1.82, 2.24) is 0 Å². The van der Waals surface area contributed by atoms with E-state index in [1.165, 1.54) is 6.08 Å². The molecule has 1 rings (SSSR count). The van der Waals surface area contributed by atoms with E-state index >= 15 is 0 Å². The van der Waals surface area contributed by atoms with Crippen molar-refractivity contribution in [3.63, 3.8) is 0 Å². The first-order valence-corrected chi connectivity index (χ1v) is 5.41. The molecule has 17 heavy (non-hydrogen) atoms. The quantitative estimate of drug-likeness (QED) is 0.550. The first kappa shape index (κ1) is 12.7. The van der Waals surface area contributed by atoms with Gasteiger partial charge in [0.1, 0.15) is 0 Å². The van der Waals surface area contributed by atoms with Gasteiger partial charge in [0.2, 0.25) is 0 Å². The van der Waals surface area contributed by atoms with Crippen molar-refractivity contribution >= 4 is 5.57 Å². The van der Waals surface area contributed by atoms with Crippen LogP contribution >= 0.6 is 0 Å². The van der Waals surface area contributed by atoms with E-state index in [2.05, 4.69) is 18.7 Å². The Balaban J connectivity index is 3.19. The number of rotatable bonds is 4. The zero-order chi connectivity index (χ0) is 12.5. The fraction of sp³-hybridized carbons (Fsp3) is 0.0625. The largest absolute Gasteiger partial charge is 0.193 e. The SMILES string of the molecule is C=CC=CC(C=CC#N)=C(C)c1ccccc1. The highest BCUT2D eigenvalue weighted by atomic mass is 14.2. The highest BCUT2D eigenvalue weighted by Gasteiger charge is 1.98. The van der Waals surface area contributed by atoms with Crippen LogP contribution in [0.1, 0.15) is 12.5 Å². The van der Waals surface area contributed by atoms with Gasteiger partial charge in [-0.1, -0.05) is 55.1 Å². The Morgan fingerprint density at radius 3 is 2.53 bits per heavy atom. The average molecular weight is 221 g/mol. The number of allylic oxidation sites excluding steroid dienone is 7. The Hall–Kier alpha value is -2.33. The fourth-order valence-electron chi connectivity index (χ4n) is 1.46. The number of nitrogens with zero attached hydrogens (tertiary/aromatic N) is 1. The van der Waals surface area contributed by atoms with Crippen LogP contribution < -0.4 is 0 Å². The zero-order valence-electron chi connectivity index (χ0n) is 9.93. The molecule has 0 atom stereocenters. The lowest BCUT2D eigenvalue weighted by atomic mass is 10.0. The molecule has 0 spiro atoms. The van der Waals surface area contributed by atoms with Crippen LogP contribution in [0.25, 0.3) is 5.57 Å². The summed E-state index contributed by atoms with van der Waals surface area (Å²) in [7, 11) is 0. The maximum Gasteiger partial charge on any atom is 0.0912 e. The third-order valence-electron chi connectivity index (χ3n) is 2.39. The second kappa shape index (κ2) is 7.03. The summed E-state index contributed by atoms with van der Waals surface area (Å²) in [5.74, 6) is 0. The van der Waals surface area contributed by atoms with Gasteiger partial charge in [-0.3, -0.25) is 0 Å². The molecule has 1 heteroatoms. The van der Waals surface area contributed by atoms with Gasteiger partial charge in [-0.05, 0) is 29.7 Å². The predicted molar refractivity (Wildman–Crippen MR) is 73.1 cm³/mol. The van der Waals surface area contributed by atoms with Crippen LogP contribution in [0.3, 0.4) is 0 Å². The minimum Gasteiger partial charge on any atom is -0.193 e. The van der Waals surface area contributed by atoms with Crippen LogP contribution in [-0.4, -0.2) is 0 Å². The second-order valence-electron chi connectivity index (χ2n) is 3.50. The summed E-state index contributed by atoms with van der Waals surface area (Å²) < 4.78 is 0. The summed E-state index contributed by atoms with van der Waals surface area (Å²) >= 11 is 0. The minimum atomic E-state index is 1.01. The summed E-state index contributed by atoms with van der Waals surface area (Å²) in [5.41, 5.74) is 3.30. The van der Waals surface area contributed by atoms with E-state index < -0.39 is 0 Å². The van der Waals surface area contributed by atoms with Gasteiger partial charge in [0.05, 0.1) is 6.07 Å². The first-order valence-electron chi connectivity index (χ1n) is 5.41. The van der Waals surface area contributed by atoms with Gasteiger partial charge in [-0.2, -0.15) is 5.26 Å². The van der Waals surface area contributed by atoms with Crippen LogP contribution in [0.2, 0.25) is 0 Å². The Bertz CT molecular complexity index is 496. The van der Waals surface area contributed by atoms with Gasteiger partial charge >= 0.3 is 0 Å². The highest BCUT2D eigenvalue weighted by molar-refractivity contribution is 5.72. The Kier molecular flexibility index (Phi) is 5.27. The topological polar surface area (TPSA) is 23.8 Å². The molecule has 0 aliphatic heterocycles. The van der Waals surface area contributed by atoms with E-state index in [0.29, 0.717) is 0 Å². The van der Waals surface area contributed by atoms with Crippen molar-refractivity contribution in [1.29, 1.82) is 5.26 Å². The van der Waals surface area contributed by atoms with Gasteiger partial charge in [0.15, 0.2) is 0 Å². The Labute approximate surface area is 103 Å². The number of hydrogen-bond donors (Lipinski definition) is 0. The van der Waals surface area contributed by atoms with Gasteiger partial charge in [0, 0.05) is 6.08 Å². The minimum absolute atomic E-state index is 1.01. The summed E-state index contributed by atoms with van der Waals surface area (Å²) in [6.45, 7) is 5.69. The monoisotopic (exact) mass is 221 g/mol. The van der Waals surface area contributed by atoms with Crippen molar-refractivity contribution in [3.05, 3.63) is 78.4 Å². The molecule has 0 aromatic heterocycles. The second-order valence-corrected chi connectivity index (χ2v) is 3.50. The van der Waals surface area contributed by atoms with Crippen molar-refractivity contribution in [3.8, 4) is 6.07 Å². The Morgan fingerprint density at radius 1 is 1.24 bits per heavy atom. The van der Waals surface area contributed by atoms with E-state index in [9.17, 15) is 0 Å². The third-order valence-corrected chi connectivity index (χ3v) is 2.39. The smallest absolute Gasteiger partial charge is 0.0912 e. The molecule has 84 valence electrons. The molecule has 0 radical (unpaired) electrons. The maximum atomic E-state index is 8.59. The van der Waals surface area contributed by atoms with Crippen molar-refractivity contribution < 1.29 is 0 Å². The lowest BCUT2D eigenvalue weighted by Gasteiger charge is -2.04. The highest BCUT2D eigenvalue weighted by Crippen LogP contribution is 2.19. The molecule has 0 heterocycles. The van der Waals surface area contributed by atoms with Crippen molar-refractivity contribution in [2.45, 2.75) is 6.92 Å². The molecular formula is C16H15N. The van der Waals surface area contributed by atoms with Gasteiger partial charge in [-0.15, -0.1) is 0 Å². The number of benzene rings is 1. The molecule has 1 aromatic carbocycles. The van der Waals surface area contributed by atoms with E-state index in [1.54, 1.807) is 6.08 Å². The lowest BCUT2D eigenvalue weighted by Crippen LogP contribution is -1.83. The first-order chi connectivity index (χ1) is 8.29. The zero-order valence-corrected chi connectivity index (χ0v) is 9.93. The molecule has 0 saturated heterocycles. The van der Waals surface area contributed by atoms with Crippen LogP contribution in [0, 0.1) is 11.3 Å². The van der Waals surface area contributed by atoms with E-state index in [0.717, 1.165) is 16.7 Å². The number of hydrogen-bond acceptors (Lipinski definition) is 1. The predicted octanol–water partition coefficient (Wildman–Crippen LogP) is 4.28. The molecule has 0 aliphatic carbocycles. The summed E-state index contributed by atoms with van der Waals surface area (Å²) in [4.78, 5) is 0. The van der Waals surface area contributed by atoms with E-state index in [4.69, 9.17) is 5.26 Å². The summed E-state index contributed by atoms with van der Waals surface area (Å²) in [6, 6.07) is 12.1. The fourth-order valence-corrected chi connectivity index (χ4v) is 1.46. The van der Waals surface area contributed by atoms with Crippen LogP contribution in [0.4, 0.5) is 0 Å². The molecule has 0 unspecified atom stereocenters. The van der Waals surface area contributed by atoms with E-state index in [-0.39, 0.29) is 0 Å². The van der Waals surface area contributed by atoms with Gasteiger partial charge < -0.3 is 0 Å². The lowest BCUT2D eigenvalue weighted by molar-refractivity contribution is 1.51. The average Bonchev–Trinajstić information content (AvgIpc) is 2.39. The van der Waals surface area contributed by atoms with Gasteiger partial charge in [0.25, 0.3) is 0 Å². The normalized spacial score (nSPS) is 12.5. The molecule has 0 bridgehead atoms. The molecule has 0 N–H and O–H groups in total. The molecule has 0 saturated carbocycles. The summed E-state index contributed by atoms with van der Waals surface area (Å²) in [5, 5.41) is 8.59. The van der Waals surface area contributed by atoms with Crippen molar-refractivity contribution in [2.75, 3.05) is 0 Å². The molecule has 0 fully saturated rings. The van der Waals surface area contributed by atoms with Crippen LogP contribution in [0.5, 0.6) is 0 Å². The third kappa shape index (κ3) is 3.96. The summed E-state index contributed by atoms with van der Waals surface area (Å²) in [6.07, 6.45) is 8.82. The van der Waals surface area contributed by atoms with Crippen molar-refractivity contribution in [2.24, 2.45) is 0 Å². The molecule has 0 amide bonds. The molecule has 1 nitrogen and oxygen atoms in total.